The molecule has 0 saturated heterocycles. The number of amides is 1. The molecule has 0 aliphatic rings. The van der Waals surface area contributed by atoms with E-state index < -0.39 is 5.97 Å². The Bertz CT molecular complexity index is 448. The molecule has 1 rings (SSSR count). The van der Waals surface area contributed by atoms with Crippen molar-refractivity contribution in [3.63, 3.8) is 0 Å². The van der Waals surface area contributed by atoms with Gasteiger partial charge in [0, 0.05) is 26.1 Å². The van der Waals surface area contributed by atoms with Crippen molar-refractivity contribution in [1.29, 1.82) is 0 Å². The van der Waals surface area contributed by atoms with E-state index in [-0.39, 0.29) is 24.2 Å². The first-order chi connectivity index (χ1) is 9.47. The first kappa shape index (κ1) is 16.1. The molecule has 6 heteroatoms. The second-order valence-electron chi connectivity index (χ2n) is 4.56. The fourth-order valence-corrected chi connectivity index (χ4v) is 1.85. The van der Waals surface area contributed by atoms with Crippen molar-refractivity contribution in [2.75, 3.05) is 13.1 Å². The lowest BCUT2D eigenvalue weighted by Crippen LogP contribution is -2.38. The highest BCUT2D eigenvalue weighted by molar-refractivity contribution is 5.72. The third-order valence-electron chi connectivity index (χ3n) is 2.75. The molecule has 0 heterocycles. The molecule has 1 unspecified atom stereocenters. The van der Waals surface area contributed by atoms with Gasteiger partial charge in [-0.15, -0.1) is 0 Å². The van der Waals surface area contributed by atoms with Gasteiger partial charge in [0.1, 0.15) is 5.82 Å². The molecule has 110 valence electrons. The molecule has 0 radical (unpaired) electrons. The van der Waals surface area contributed by atoms with Gasteiger partial charge in [-0.1, -0.05) is 12.1 Å². The van der Waals surface area contributed by atoms with Crippen LogP contribution in [0.1, 0.15) is 18.9 Å². The Balaban J connectivity index is 2.48. The highest BCUT2D eigenvalue weighted by Crippen LogP contribution is 2.08. The monoisotopic (exact) mass is 282 g/mol. The number of benzene rings is 1. The van der Waals surface area contributed by atoms with Crippen molar-refractivity contribution in [3.8, 4) is 0 Å². The van der Waals surface area contributed by atoms with Gasteiger partial charge in [-0.3, -0.25) is 9.59 Å². The molecule has 20 heavy (non-hydrogen) atoms. The Labute approximate surface area is 117 Å². The van der Waals surface area contributed by atoms with Gasteiger partial charge in [0.25, 0.3) is 0 Å². The largest absolute Gasteiger partial charge is 0.481 e. The van der Waals surface area contributed by atoms with Crippen LogP contribution in [0.4, 0.5) is 4.39 Å². The number of rotatable bonds is 8. The van der Waals surface area contributed by atoms with Crippen molar-refractivity contribution in [2.45, 2.75) is 25.8 Å². The molecule has 5 nitrogen and oxygen atoms in total. The average Bonchev–Trinajstić information content (AvgIpc) is 2.36. The summed E-state index contributed by atoms with van der Waals surface area (Å²) in [5.41, 5.74) is 0.865. The number of carboxylic acids is 1. The summed E-state index contributed by atoms with van der Waals surface area (Å²) in [4.78, 5) is 21.5. The third-order valence-corrected chi connectivity index (χ3v) is 2.75. The molecule has 3 N–H and O–H groups in total. The molecule has 0 bridgehead atoms. The molecular weight excluding hydrogens is 263 g/mol. The van der Waals surface area contributed by atoms with Gasteiger partial charge in [0.15, 0.2) is 0 Å². The molecule has 1 aromatic rings. The van der Waals surface area contributed by atoms with Crippen molar-refractivity contribution in [2.24, 2.45) is 0 Å². The number of carboxylic acid groups (broad SMARTS) is 1. The van der Waals surface area contributed by atoms with Crippen LogP contribution < -0.4 is 10.6 Å². The Morgan fingerprint density at radius 1 is 1.25 bits per heavy atom. The van der Waals surface area contributed by atoms with Crippen LogP contribution in [-0.2, 0) is 16.0 Å². The summed E-state index contributed by atoms with van der Waals surface area (Å²) in [6, 6.07) is 5.72. The number of halogens is 1. The van der Waals surface area contributed by atoms with Crippen LogP contribution in [0.2, 0.25) is 0 Å². The summed E-state index contributed by atoms with van der Waals surface area (Å²) in [5.74, 6) is -1.34. The average molecular weight is 282 g/mol. The van der Waals surface area contributed by atoms with E-state index in [1.165, 1.54) is 19.1 Å². The number of carbonyl (C=O) groups excluding carboxylic acids is 1. The van der Waals surface area contributed by atoms with E-state index in [0.717, 1.165) is 5.56 Å². The van der Waals surface area contributed by atoms with E-state index in [2.05, 4.69) is 10.6 Å². The summed E-state index contributed by atoms with van der Waals surface area (Å²) >= 11 is 0. The normalized spacial score (nSPS) is 11.9. The van der Waals surface area contributed by atoms with Crippen LogP contribution in [0.3, 0.4) is 0 Å². The van der Waals surface area contributed by atoms with Gasteiger partial charge in [0.2, 0.25) is 5.91 Å². The quantitative estimate of drug-likeness (QED) is 0.620. The van der Waals surface area contributed by atoms with Crippen molar-refractivity contribution >= 4 is 11.9 Å². The highest BCUT2D eigenvalue weighted by atomic mass is 19.1. The van der Waals surface area contributed by atoms with Crippen LogP contribution in [0.5, 0.6) is 0 Å². The van der Waals surface area contributed by atoms with Gasteiger partial charge < -0.3 is 15.7 Å². The molecule has 1 aromatic carbocycles. The van der Waals surface area contributed by atoms with Crippen molar-refractivity contribution < 1.29 is 19.1 Å². The zero-order valence-electron chi connectivity index (χ0n) is 11.4. The van der Waals surface area contributed by atoms with E-state index in [0.29, 0.717) is 19.5 Å². The molecule has 0 fully saturated rings. The molecule has 0 aliphatic carbocycles. The topological polar surface area (TPSA) is 78.4 Å². The summed E-state index contributed by atoms with van der Waals surface area (Å²) in [5, 5.41) is 14.6. The zero-order chi connectivity index (χ0) is 15.0. The molecule has 1 amide bonds. The lowest BCUT2D eigenvalue weighted by molar-refractivity contribution is -0.137. The maximum Gasteiger partial charge on any atom is 0.304 e. The summed E-state index contributed by atoms with van der Waals surface area (Å²) in [7, 11) is 0. The third kappa shape index (κ3) is 6.84. The number of aliphatic carboxylic acids is 1. The predicted molar refractivity (Wildman–Crippen MR) is 72.8 cm³/mol. The molecule has 0 aromatic heterocycles. The Kier molecular flexibility index (Phi) is 6.66. The Hall–Kier alpha value is -1.95. The van der Waals surface area contributed by atoms with Crippen LogP contribution >= 0.6 is 0 Å². The van der Waals surface area contributed by atoms with Gasteiger partial charge in [-0.2, -0.15) is 0 Å². The molecule has 0 aliphatic heterocycles. The molecule has 0 saturated carbocycles. The smallest absolute Gasteiger partial charge is 0.304 e. The summed E-state index contributed by atoms with van der Waals surface area (Å²) in [6.07, 6.45) is 0.462. The highest BCUT2D eigenvalue weighted by Gasteiger charge is 2.13. The minimum Gasteiger partial charge on any atom is -0.481 e. The number of carbonyl (C=O) groups is 2. The number of hydrogen-bond acceptors (Lipinski definition) is 3. The van der Waals surface area contributed by atoms with Crippen molar-refractivity contribution in [1.82, 2.24) is 10.6 Å². The maximum absolute atomic E-state index is 12.8. The maximum atomic E-state index is 12.8. The fourth-order valence-electron chi connectivity index (χ4n) is 1.85. The predicted octanol–water partition coefficient (Wildman–Crippen LogP) is 0.937. The molecular formula is C14H19FN2O3. The van der Waals surface area contributed by atoms with Crippen molar-refractivity contribution in [3.05, 3.63) is 35.6 Å². The fraction of sp³-hybridized carbons (Fsp3) is 0.429. The second kappa shape index (κ2) is 8.27. The van der Waals surface area contributed by atoms with Crippen LogP contribution in [-0.4, -0.2) is 36.1 Å². The standard InChI is InChI=1S/C14H19FN2O3/c1-10(18)16-6-7-17-13(9-14(19)20)8-11-2-4-12(15)5-3-11/h2-5,13,17H,6-9H2,1H3,(H,16,18)(H,19,20). The second-order valence-corrected chi connectivity index (χ2v) is 4.56. The minimum absolute atomic E-state index is 0.0303. The SMILES string of the molecule is CC(=O)NCCNC(CC(=O)O)Cc1ccc(F)cc1. The van der Waals surface area contributed by atoms with Gasteiger partial charge >= 0.3 is 5.97 Å². The Morgan fingerprint density at radius 3 is 2.45 bits per heavy atom. The van der Waals surface area contributed by atoms with E-state index >= 15 is 0 Å². The van der Waals surface area contributed by atoms with Crippen LogP contribution in [0.15, 0.2) is 24.3 Å². The number of nitrogens with one attached hydrogen (secondary N) is 2. The van der Waals surface area contributed by atoms with E-state index in [9.17, 15) is 14.0 Å². The first-order valence-corrected chi connectivity index (χ1v) is 6.41. The Morgan fingerprint density at radius 2 is 1.90 bits per heavy atom. The summed E-state index contributed by atoms with van der Waals surface area (Å²) < 4.78 is 12.8. The summed E-state index contributed by atoms with van der Waals surface area (Å²) in [6.45, 7) is 2.35. The van der Waals surface area contributed by atoms with Gasteiger partial charge in [0.05, 0.1) is 6.42 Å². The first-order valence-electron chi connectivity index (χ1n) is 6.41. The van der Waals surface area contributed by atoms with Gasteiger partial charge in [-0.05, 0) is 24.1 Å². The molecule has 0 spiro atoms. The lowest BCUT2D eigenvalue weighted by Gasteiger charge is -2.17. The van der Waals surface area contributed by atoms with E-state index in [4.69, 9.17) is 5.11 Å². The van der Waals surface area contributed by atoms with Gasteiger partial charge in [-0.25, -0.2) is 4.39 Å². The van der Waals surface area contributed by atoms with E-state index in [1.807, 2.05) is 0 Å². The van der Waals surface area contributed by atoms with Crippen LogP contribution in [0, 0.1) is 5.82 Å². The molecule has 1 atom stereocenters. The van der Waals surface area contributed by atoms with Crippen LogP contribution in [0.25, 0.3) is 0 Å². The number of hydrogen-bond donors (Lipinski definition) is 3. The zero-order valence-corrected chi connectivity index (χ0v) is 11.4. The minimum atomic E-state index is -0.899. The van der Waals surface area contributed by atoms with E-state index in [1.54, 1.807) is 12.1 Å². The lowest BCUT2D eigenvalue weighted by atomic mass is 10.0.